The highest BCUT2D eigenvalue weighted by molar-refractivity contribution is 5.74. The first-order valence-corrected chi connectivity index (χ1v) is 7.53. The van der Waals surface area contributed by atoms with Crippen LogP contribution < -0.4 is 10.6 Å². The number of hydrogen-bond acceptors (Lipinski definition) is 3. The molecule has 20 heavy (non-hydrogen) atoms. The zero-order valence-electron chi connectivity index (χ0n) is 12.2. The lowest BCUT2D eigenvalue weighted by atomic mass is 10.0. The summed E-state index contributed by atoms with van der Waals surface area (Å²) in [4.78, 5) is 24.9. The maximum Gasteiger partial charge on any atom is 0.315 e. The first-order valence-electron chi connectivity index (χ1n) is 7.53. The minimum atomic E-state index is -0.100. The number of carbonyl (C=O) groups is 2. The van der Waals surface area contributed by atoms with Crippen molar-refractivity contribution in [3.05, 3.63) is 0 Å². The zero-order chi connectivity index (χ0) is 14.4. The van der Waals surface area contributed by atoms with Crippen molar-refractivity contribution in [2.24, 2.45) is 5.92 Å². The zero-order valence-corrected chi connectivity index (χ0v) is 12.2. The fourth-order valence-corrected chi connectivity index (χ4v) is 2.78. The van der Waals surface area contributed by atoms with E-state index in [0.717, 1.165) is 52.0 Å². The van der Waals surface area contributed by atoms with Crippen molar-refractivity contribution in [3.8, 4) is 0 Å². The van der Waals surface area contributed by atoms with E-state index in [1.165, 1.54) is 0 Å². The van der Waals surface area contributed by atoms with Gasteiger partial charge in [0.2, 0.25) is 5.91 Å². The average Bonchev–Trinajstić information content (AvgIpc) is 2.47. The van der Waals surface area contributed by atoms with Gasteiger partial charge in [0.05, 0.1) is 6.61 Å². The predicted molar refractivity (Wildman–Crippen MR) is 75.4 cm³/mol. The van der Waals surface area contributed by atoms with Gasteiger partial charge in [-0.3, -0.25) is 4.79 Å². The van der Waals surface area contributed by atoms with Gasteiger partial charge >= 0.3 is 6.03 Å². The Labute approximate surface area is 120 Å². The molecule has 2 rings (SSSR count). The third-order valence-corrected chi connectivity index (χ3v) is 4.08. The maximum absolute atomic E-state index is 11.8. The maximum atomic E-state index is 11.8. The van der Waals surface area contributed by atoms with E-state index >= 15 is 0 Å². The van der Waals surface area contributed by atoms with Crippen LogP contribution in [-0.2, 0) is 9.53 Å². The quantitative estimate of drug-likeness (QED) is 0.802. The van der Waals surface area contributed by atoms with Crippen LogP contribution in [0, 0.1) is 5.92 Å². The molecule has 0 aromatic carbocycles. The summed E-state index contributed by atoms with van der Waals surface area (Å²) in [6.45, 7) is 5.33. The average molecular weight is 283 g/mol. The molecule has 2 aliphatic rings. The smallest absolute Gasteiger partial charge is 0.315 e. The number of amides is 3. The van der Waals surface area contributed by atoms with Crippen LogP contribution in [0.15, 0.2) is 0 Å². The number of likely N-dealkylation sites (tertiary alicyclic amines) is 1. The SMILES string of the molecule is CC(=O)N1CCC(NC(=O)NC[C@H]2CCCOC2)CC1. The van der Waals surface area contributed by atoms with Crippen molar-refractivity contribution in [1.82, 2.24) is 15.5 Å². The monoisotopic (exact) mass is 283 g/mol. The Bertz CT molecular complexity index is 335. The normalized spacial score (nSPS) is 24.2. The van der Waals surface area contributed by atoms with E-state index in [1.807, 2.05) is 4.90 Å². The molecule has 0 saturated carbocycles. The van der Waals surface area contributed by atoms with Gasteiger partial charge in [0.15, 0.2) is 0 Å². The Morgan fingerprint density at radius 1 is 1.25 bits per heavy atom. The van der Waals surface area contributed by atoms with Crippen molar-refractivity contribution in [2.75, 3.05) is 32.8 Å². The Hall–Kier alpha value is -1.30. The summed E-state index contributed by atoms with van der Waals surface area (Å²) in [7, 11) is 0. The van der Waals surface area contributed by atoms with Crippen LogP contribution in [0.1, 0.15) is 32.6 Å². The molecule has 2 heterocycles. The van der Waals surface area contributed by atoms with Gasteiger partial charge < -0.3 is 20.3 Å². The Morgan fingerprint density at radius 2 is 2.00 bits per heavy atom. The van der Waals surface area contributed by atoms with Gasteiger partial charge in [-0.2, -0.15) is 0 Å². The summed E-state index contributed by atoms with van der Waals surface area (Å²) < 4.78 is 5.39. The minimum Gasteiger partial charge on any atom is -0.381 e. The number of piperidine rings is 1. The lowest BCUT2D eigenvalue weighted by Gasteiger charge is -2.31. The van der Waals surface area contributed by atoms with E-state index in [-0.39, 0.29) is 18.0 Å². The fourth-order valence-electron chi connectivity index (χ4n) is 2.78. The van der Waals surface area contributed by atoms with Crippen LogP contribution in [0.25, 0.3) is 0 Å². The van der Waals surface area contributed by atoms with Crippen LogP contribution in [0.2, 0.25) is 0 Å². The molecule has 0 aliphatic carbocycles. The predicted octanol–water partition coefficient (Wildman–Crippen LogP) is 0.723. The van der Waals surface area contributed by atoms with Crippen LogP contribution in [-0.4, -0.2) is 55.7 Å². The second-order valence-corrected chi connectivity index (χ2v) is 5.72. The summed E-state index contributed by atoms with van der Waals surface area (Å²) >= 11 is 0. The van der Waals surface area contributed by atoms with Crippen molar-refractivity contribution in [1.29, 1.82) is 0 Å². The molecular formula is C14H25N3O3. The second-order valence-electron chi connectivity index (χ2n) is 5.72. The number of hydrogen-bond donors (Lipinski definition) is 2. The molecule has 3 amide bonds. The number of ether oxygens (including phenoxy) is 1. The molecule has 0 unspecified atom stereocenters. The molecule has 114 valence electrons. The molecule has 2 saturated heterocycles. The van der Waals surface area contributed by atoms with Gasteiger partial charge in [0.1, 0.15) is 0 Å². The molecule has 6 nitrogen and oxygen atoms in total. The molecule has 2 N–H and O–H groups in total. The molecule has 0 radical (unpaired) electrons. The van der Waals surface area contributed by atoms with Crippen molar-refractivity contribution >= 4 is 11.9 Å². The van der Waals surface area contributed by atoms with Gasteiger partial charge in [0.25, 0.3) is 0 Å². The number of carbonyl (C=O) groups excluding carboxylic acids is 2. The first kappa shape index (κ1) is 15.1. The van der Waals surface area contributed by atoms with E-state index in [0.29, 0.717) is 12.5 Å². The van der Waals surface area contributed by atoms with E-state index in [4.69, 9.17) is 4.74 Å². The van der Waals surface area contributed by atoms with E-state index in [1.54, 1.807) is 6.92 Å². The summed E-state index contributed by atoms with van der Waals surface area (Å²) in [5.41, 5.74) is 0. The minimum absolute atomic E-state index is 0.100. The third-order valence-electron chi connectivity index (χ3n) is 4.08. The Balaban J connectivity index is 1.61. The first-order chi connectivity index (χ1) is 9.65. The molecular weight excluding hydrogens is 258 g/mol. The molecule has 6 heteroatoms. The number of nitrogens with one attached hydrogen (secondary N) is 2. The van der Waals surface area contributed by atoms with Crippen LogP contribution in [0.3, 0.4) is 0 Å². The highest BCUT2D eigenvalue weighted by Crippen LogP contribution is 2.12. The van der Waals surface area contributed by atoms with Gasteiger partial charge in [-0.25, -0.2) is 4.79 Å². The Morgan fingerprint density at radius 3 is 2.60 bits per heavy atom. The standard InChI is InChI=1S/C14H25N3O3/c1-11(18)17-6-4-13(5-7-17)16-14(19)15-9-12-3-2-8-20-10-12/h12-13H,2-10H2,1H3,(H2,15,16,19)/t12-/m1/s1. The van der Waals surface area contributed by atoms with E-state index in [2.05, 4.69) is 10.6 Å². The van der Waals surface area contributed by atoms with Gasteiger partial charge in [-0.15, -0.1) is 0 Å². The number of rotatable bonds is 3. The van der Waals surface area contributed by atoms with Gasteiger partial charge in [-0.05, 0) is 31.6 Å². The molecule has 1 atom stereocenters. The number of urea groups is 1. The summed E-state index contributed by atoms with van der Waals surface area (Å²) in [6, 6.07) is 0.0741. The molecule has 0 bridgehead atoms. The van der Waals surface area contributed by atoms with Crippen LogP contribution in [0.4, 0.5) is 4.79 Å². The molecule has 0 spiro atoms. The molecule has 2 fully saturated rings. The van der Waals surface area contributed by atoms with Crippen LogP contribution >= 0.6 is 0 Å². The Kier molecular flexibility index (Phi) is 5.64. The largest absolute Gasteiger partial charge is 0.381 e. The van der Waals surface area contributed by atoms with Gasteiger partial charge in [0, 0.05) is 39.2 Å². The highest BCUT2D eigenvalue weighted by atomic mass is 16.5. The van der Waals surface area contributed by atoms with Crippen molar-refractivity contribution in [3.63, 3.8) is 0 Å². The summed E-state index contributed by atoms with van der Waals surface area (Å²) in [5.74, 6) is 0.555. The van der Waals surface area contributed by atoms with Crippen LogP contribution in [0.5, 0.6) is 0 Å². The molecule has 0 aromatic heterocycles. The van der Waals surface area contributed by atoms with Crippen molar-refractivity contribution < 1.29 is 14.3 Å². The van der Waals surface area contributed by atoms with Gasteiger partial charge in [-0.1, -0.05) is 0 Å². The topological polar surface area (TPSA) is 70.7 Å². The van der Waals surface area contributed by atoms with Crippen molar-refractivity contribution in [2.45, 2.75) is 38.6 Å². The highest BCUT2D eigenvalue weighted by Gasteiger charge is 2.22. The lowest BCUT2D eigenvalue weighted by molar-refractivity contribution is -0.129. The fraction of sp³-hybridized carbons (Fsp3) is 0.857. The molecule has 2 aliphatic heterocycles. The summed E-state index contributed by atoms with van der Waals surface area (Å²) in [5, 5.41) is 5.91. The second kappa shape index (κ2) is 7.47. The van der Waals surface area contributed by atoms with E-state index in [9.17, 15) is 9.59 Å². The van der Waals surface area contributed by atoms with E-state index < -0.39 is 0 Å². The lowest BCUT2D eigenvalue weighted by Crippen LogP contribution is -2.49. The number of nitrogens with zero attached hydrogens (tertiary/aromatic N) is 1. The summed E-state index contributed by atoms with van der Waals surface area (Å²) in [6.07, 6.45) is 3.87. The third kappa shape index (κ3) is 4.67. The molecule has 0 aromatic rings.